The van der Waals surface area contributed by atoms with Crippen LogP contribution in [-0.2, 0) is 6.42 Å². The highest BCUT2D eigenvalue weighted by Gasteiger charge is 2.13. The van der Waals surface area contributed by atoms with Crippen molar-refractivity contribution >= 4 is 11.8 Å². The van der Waals surface area contributed by atoms with E-state index in [4.69, 9.17) is 0 Å². The number of aliphatic hydroxyl groups is 2. The van der Waals surface area contributed by atoms with Crippen molar-refractivity contribution in [3.63, 3.8) is 0 Å². The van der Waals surface area contributed by atoms with Crippen LogP contribution in [0.15, 0.2) is 59.5 Å². The molecule has 0 fully saturated rings. The molecule has 0 aliphatic rings. The fourth-order valence-electron chi connectivity index (χ4n) is 2.18. The summed E-state index contributed by atoms with van der Waals surface area (Å²) in [6.07, 6.45) is 0.0111. The molecular weight excluding hydrogens is 280 g/mol. The summed E-state index contributed by atoms with van der Waals surface area (Å²) in [7, 11) is 0. The minimum atomic E-state index is -0.499. The quantitative estimate of drug-likeness (QED) is 0.770. The Kier molecular flexibility index (Phi) is 6.30. The second-order valence-electron chi connectivity index (χ2n) is 5.36. The van der Waals surface area contributed by atoms with E-state index in [9.17, 15) is 10.2 Å². The van der Waals surface area contributed by atoms with Crippen LogP contribution in [0.25, 0.3) is 0 Å². The molecule has 2 aromatic rings. The van der Waals surface area contributed by atoms with Gasteiger partial charge in [-0.1, -0.05) is 48.0 Å². The standard InChI is InChI=1S/C18H22O2S/c1-14-7-9-18(10-8-14)21-13-17(20)12-16(19)11-15-5-3-2-4-6-15/h2-10,16-17,19-20H,11-13H2,1H3/t16-,17+/m1/s1. The minimum Gasteiger partial charge on any atom is -0.393 e. The van der Waals surface area contributed by atoms with Crippen LogP contribution < -0.4 is 0 Å². The van der Waals surface area contributed by atoms with E-state index in [-0.39, 0.29) is 0 Å². The van der Waals surface area contributed by atoms with Gasteiger partial charge in [-0.15, -0.1) is 11.8 Å². The smallest absolute Gasteiger partial charge is 0.0658 e. The summed E-state index contributed by atoms with van der Waals surface area (Å²) in [4.78, 5) is 1.15. The molecule has 2 N–H and O–H groups in total. The van der Waals surface area contributed by atoms with Gasteiger partial charge in [-0.2, -0.15) is 0 Å². The zero-order valence-corrected chi connectivity index (χ0v) is 13.1. The summed E-state index contributed by atoms with van der Waals surface area (Å²) in [5.74, 6) is 0.606. The molecule has 0 aromatic heterocycles. The molecule has 3 heteroatoms. The first kappa shape index (κ1) is 16.1. The molecule has 0 saturated heterocycles. The third-order valence-corrected chi connectivity index (χ3v) is 4.48. The van der Waals surface area contributed by atoms with Gasteiger partial charge < -0.3 is 10.2 Å². The maximum atomic E-state index is 10.0. The lowest BCUT2D eigenvalue weighted by Crippen LogP contribution is -2.21. The number of rotatable bonds is 7. The molecule has 0 aliphatic heterocycles. The molecule has 0 radical (unpaired) electrons. The Morgan fingerprint density at radius 3 is 2.24 bits per heavy atom. The highest BCUT2D eigenvalue weighted by Crippen LogP contribution is 2.20. The zero-order chi connectivity index (χ0) is 15.1. The molecule has 0 spiro atoms. The first-order valence-corrected chi connectivity index (χ1v) is 8.21. The van der Waals surface area contributed by atoms with E-state index in [0.29, 0.717) is 18.6 Å². The second kappa shape index (κ2) is 8.23. The molecule has 21 heavy (non-hydrogen) atoms. The van der Waals surface area contributed by atoms with E-state index in [0.717, 1.165) is 10.5 Å². The summed E-state index contributed by atoms with van der Waals surface area (Å²) < 4.78 is 0. The molecule has 0 amide bonds. The monoisotopic (exact) mass is 302 g/mol. The van der Waals surface area contributed by atoms with Crippen molar-refractivity contribution in [3.8, 4) is 0 Å². The largest absolute Gasteiger partial charge is 0.393 e. The molecule has 0 heterocycles. The van der Waals surface area contributed by atoms with Gasteiger partial charge in [0.15, 0.2) is 0 Å². The van der Waals surface area contributed by atoms with Crippen LogP contribution in [0.5, 0.6) is 0 Å². The van der Waals surface area contributed by atoms with Gasteiger partial charge in [0, 0.05) is 17.1 Å². The Labute approximate surface area is 130 Å². The van der Waals surface area contributed by atoms with Gasteiger partial charge in [0.05, 0.1) is 12.2 Å². The van der Waals surface area contributed by atoms with Crippen molar-refractivity contribution in [1.82, 2.24) is 0 Å². The third-order valence-electron chi connectivity index (χ3n) is 3.32. The summed E-state index contributed by atoms with van der Waals surface area (Å²) in [5.41, 5.74) is 2.33. The predicted molar refractivity (Wildman–Crippen MR) is 88.7 cm³/mol. The summed E-state index contributed by atoms with van der Waals surface area (Å²) in [6, 6.07) is 18.1. The third kappa shape index (κ3) is 5.92. The van der Waals surface area contributed by atoms with Crippen molar-refractivity contribution in [1.29, 1.82) is 0 Å². The lowest BCUT2D eigenvalue weighted by Gasteiger charge is -2.15. The molecular formula is C18H22O2S. The van der Waals surface area contributed by atoms with Gasteiger partial charge in [0.1, 0.15) is 0 Å². The topological polar surface area (TPSA) is 40.5 Å². The van der Waals surface area contributed by atoms with Crippen LogP contribution in [0.2, 0.25) is 0 Å². The number of benzene rings is 2. The molecule has 0 bridgehead atoms. The number of hydrogen-bond donors (Lipinski definition) is 2. The molecule has 0 unspecified atom stereocenters. The highest BCUT2D eigenvalue weighted by atomic mass is 32.2. The second-order valence-corrected chi connectivity index (χ2v) is 6.45. The average Bonchev–Trinajstić information content (AvgIpc) is 2.47. The van der Waals surface area contributed by atoms with Crippen molar-refractivity contribution in [3.05, 3.63) is 65.7 Å². The summed E-state index contributed by atoms with van der Waals surface area (Å²) in [6.45, 7) is 2.06. The van der Waals surface area contributed by atoms with E-state index in [1.165, 1.54) is 5.56 Å². The Balaban J connectivity index is 1.73. The van der Waals surface area contributed by atoms with Crippen molar-refractivity contribution < 1.29 is 10.2 Å². The molecule has 2 aromatic carbocycles. The molecule has 2 atom stereocenters. The van der Waals surface area contributed by atoms with Crippen molar-refractivity contribution in [2.75, 3.05) is 5.75 Å². The number of hydrogen-bond acceptors (Lipinski definition) is 3. The highest BCUT2D eigenvalue weighted by molar-refractivity contribution is 7.99. The van der Waals surface area contributed by atoms with Crippen LogP contribution in [0.1, 0.15) is 17.5 Å². The first-order chi connectivity index (χ1) is 10.1. The average molecular weight is 302 g/mol. The summed E-state index contributed by atoms with van der Waals surface area (Å²) in [5, 5.41) is 20.1. The Bertz CT molecular complexity index is 525. The molecule has 112 valence electrons. The molecule has 2 nitrogen and oxygen atoms in total. The molecule has 2 rings (SSSR count). The van der Waals surface area contributed by atoms with Gasteiger partial charge >= 0.3 is 0 Å². The number of thioether (sulfide) groups is 1. The normalized spacial score (nSPS) is 13.9. The van der Waals surface area contributed by atoms with E-state index in [1.54, 1.807) is 11.8 Å². The first-order valence-electron chi connectivity index (χ1n) is 7.23. The maximum Gasteiger partial charge on any atom is 0.0658 e. The van der Waals surface area contributed by atoms with Gasteiger partial charge in [0.2, 0.25) is 0 Å². The maximum absolute atomic E-state index is 10.0. The fourth-order valence-corrected chi connectivity index (χ4v) is 3.03. The summed E-state index contributed by atoms with van der Waals surface area (Å²) >= 11 is 1.62. The van der Waals surface area contributed by atoms with Gasteiger partial charge in [-0.3, -0.25) is 0 Å². The number of aryl methyl sites for hydroxylation is 1. The lowest BCUT2D eigenvalue weighted by atomic mass is 10.0. The fraction of sp³-hybridized carbons (Fsp3) is 0.333. The van der Waals surface area contributed by atoms with Crippen LogP contribution >= 0.6 is 11.8 Å². The van der Waals surface area contributed by atoms with Gasteiger partial charge in [-0.25, -0.2) is 0 Å². The SMILES string of the molecule is Cc1ccc(SC[C@@H](O)C[C@H](O)Cc2ccccc2)cc1. The Hall–Kier alpha value is -1.29. The van der Waals surface area contributed by atoms with Crippen LogP contribution in [0.3, 0.4) is 0 Å². The van der Waals surface area contributed by atoms with Gasteiger partial charge in [0.25, 0.3) is 0 Å². The molecule has 0 saturated carbocycles. The van der Waals surface area contributed by atoms with Crippen LogP contribution in [0.4, 0.5) is 0 Å². The van der Waals surface area contributed by atoms with Crippen molar-refractivity contribution in [2.24, 2.45) is 0 Å². The van der Waals surface area contributed by atoms with Crippen LogP contribution in [0, 0.1) is 6.92 Å². The van der Waals surface area contributed by atoms with E-state index >= 15 is 0 Å². The Morgan fingerprint density at radius 2 is 1.57 bits per heavy atom. The predicted octanol–water partition coefficient (Wildman–Crippen LogP) is 3.44. The Morgan fingerprint density at radius 1 is 0.905 bits per heavy atom. The van der Waals surface area contributed by atoms with Gasteiger partial charge in [-0.05, 0) is 31.0 Å². The number of aliphatic hydroxyl groups excluding tert-OH is 2. The van der Waals surface area contributed by atoms with Crippen molar-refractivity contribution in [2.45, 2.75) is 36.9 Å². The zero-order valence-electron chi connectivity index (χ0n) is 12.3. The van der Waals surface area contributed by atoms with E-state index in [1.807, 2.05) is 30.3 Å². The minimum absolute atomic E-state index is 0.410. The van der Waals surface area contributed by atoms with E-state index in [2.05, 4.69) is 31.2 Å². The van der Waals surface area contributed by atoms with E-state index < -0.39 is 12.2 Å². The lowest BCUT2D eigenvalue weighted by molar-refractivity contribution is 0.0932. The van der Waals surface area contributed by atoms with Crippen LogP contribution in [-0.4, -0.2) is 28.2 Å². The molecule has 0 aliphatic carbocycles.